The van der Waals surface area contributed by atoms with Crippen molar-refractivity contribution in [1.82, 2.24) is 14.9 Å². The smallest absolute Gasteiger partial charge is 0.263 e. The van der Waals surface area contributed by atoms with Crippen molar-refractivity contribution in [2.24, 2.45) is 5.10 Å². The summed E-state index contributed by atoms with van der Waals surface area (Å²) in [6, 6.07) is 6.07. The van der Waals surface area contributed by atoms with Crippen molar-refractivity contribution in [2.45, 2.75) is 6.92 Å². The van der Waals surface area contributed by atoms with Crippen LogP contribution in [0.15, 0.2) is 29.6 Å². The van der Waals surface area contributed by atoms with Gasteiger partial charge in [0.05, 0.1) is 6.21 Å². The van der Waals surface area contributed by atoms with Gasteiger partial charge in [-0.15, -0.1) is 33.4 Å². The quantitative estimate of drug-likeness (QED) is 0.327. The van der Waals surface area contributed by atoms with Gasteiger partial charge in [0.25, 0.3) is 5.95 Å². The van der Waals surface area contributed by atoms with Gasteiger partial charge in [0.15, 0.2) is 0 Å². The van der Waals surface area contributed by atoms with Crippen molar-refractivity contribution in [2.75, 3.05) is 41.0 Å². The Labute approximate surface area is 145 Å². The van der Waals surface area contributed by atoms with Crippen molar-refractivity contribution in [3.05, 3.63) is 35.7 Å². The van der Waals surface area contributed by atoms with Gasteiger partial charge in [-0.05, 0) is 30.2 Å². The van der Waals surface area contributed by atoms with Crippen LogP contribution in [-0.2, 0) is 0 Å². The Bertz CT molecular complexity index is 650. The van der Waals surface area contributed by atoms with Crippen molar-refractivity contribution >= 4 is 41.1 Å². The summed E-state index contributed by atoms with van der Waals surface area (Å²) in [6.07, 6.45) is 3.08. The van der Waals surface area contributed by atoms with E-state index in [-0.39, 0.29) is 0 Å². The molecule has 23 heavy (non-hydrogen) atoms. The normalized spacial score (nSPS) is 11.1. The highest BCUT2D eigenvalue weighted by Gasteiger charge is 2.08. The van der Waals surface area contributed by atoms with Gasteiger partial charge in [-0.1, -0.05) is 6.07 Å². The fourth-order valence-corrected chi connectivity index (χ4v) is 2.57. The van der Waals surface area contributed by atoms with E-state index in [9.17, 15) is 0 Å². The summed E-state index contributed by atoms with van der Waals surface area (Å²) >= 11 is 11.7. The molecule has 2 aromatic rings. The molecule has 0 aliphatic carbocycles. The SMILES string of the molecule is Cc1cc(/C=N/Nc2nncn2N)ccc1N(CCCl)CCCl. The van der Waals surface area contributed by atoms with Crippen molar-refractivity contribution in [3.8, 4) is 0 Å². The number of hydrazone groups is 1. The molecule has 0 saturated heterocycles. The second kappa shape index (κ2) is 8.59. The summed E-state index contributed by atoms with van der Waals surface area (Å²) in [7, 11) is 0. The lowest BCUT2D eigenvalue weighted by atomic mass is 10.1. The summed E-state index contributed by atoms with van der Waals surface area (Å²) in [5, 5.41) is 11.5. The summed E-state index contributed by atoms with van der Waals surface area (Å²) in [5.41, 5.74) is 5.94. The van der Waals surface area contributed by atoms with Crippen LogP contribution in [0.1, 0.15) is 11.1 Å². The Balaban J connectivity index is 2.07. The Morgan fingerprint density at radius 1 is 1.35 bits per heavy atom. The summed E-state index contributed by atoms with van der Waals surface area (Å²) < 4.78 is 1.25. The Morgan fingerprint density at radius 3 is 2.65 bits per heavy atom. The number of hydrogen-bond donors (Lipinski definition) is 2. The lowest BCUT2D eigenvalue weighted by Gasteiger charge is -2.24. The van der Waals surface area contributed by atoms with Gasteiger partial charge >= 0.3 is 0 Å². The highest BCUT2D eigenvalue weighted by Crippen LogP contribution is 2.21. The minimum Gasteiger partial charge on any atom is -0.369 e. The average molecular weight is 356 g/mol. The van der Waals surface area contributed by atoms with Gasteiger partial charge in [-0.3, -0.25) is 0 Å². The molecule has 1 heterocycles. The van der Waals surface area contributed by atoms with Gasteiger partial charge in [-0.25, -0.2) is 10.1 Å². The number of nitrogens with two attached hydrogens (primary N) is 1. The number of hydrogen-bond acceptors (Lipinski definition) is 6. The molecule has 0 saturated carbocycles. The summed E-state index contributed by atoms with van der Waals surface area (Å²) in [6.45, 7) is 3.57. The largest absolute Gasteiger partial charge is 0.369 e. The van der Waals surface area contributed by atoms with Crippen LogP contribution in [-0.4, -0.2) is 45.9 Å². The molecule has 1 aromatic carbocycles. The van der Waals surface area contributed by atoms with E-state index in [1.165, 1.54) is 11.0 Å². The molecule has 0 unspecified atom stereocenters. The number of nitrogens with one attached hydrogen (secondary N) is 1. The molecule has 0 spiro atoms. The fourth-order valence-electron chi connectivity index (χ4n) is 2.16. The molecule has 124 valence electrons. The van der Waals surface area contributed by atoms with E-state index in [0.29, 0.717) is 17.7 Å². The van der Waals surface area contributed by atoms with Crippen molar-refractivity contribution < 1.29 is 0 Å². The number of anilines is 2. The third-order valence-electron chi connectivity index (χ3n) is 3.22. The topological polar surface area (TPSA) is 84.4 Å². The molecular formula is C14H19Cl2N7. The maximum Gasteiger partial charge on any atom is 0.263 e. The van der Waals surface area contributed by atoms with Gasteiger partial charge < -0.3 is 10.7 Å². The van der Waals surface area contributed by atoms with E-state index in [1.54, 1.807) is 6.21 Å². The first-order valence-electron chi connectivity index (χ1n) is 7.07. The molecule has 0 radical (unpaired) electrons. The number of benzene rings is 1. The zero-order valence-electron chi connectivity index (χ0n) is 12.8. The second-order valence-corrected chi connectivity index (χ2v) is 5.60. The van der Waals surface area contributed by atoms with Gasteiger partial charge in [-0.2, -0.15) is 5.10 Å². The molecule has 7 nitrogen and oxygen atoms in total. The number of nitrogens with zero attached hydrogens (tertiary/aromatic N) is 5. The standard InChI is InChI=1S/C14H19Cl2N7/c1-11-8-12(9-18-20-14-21-19-10-23(14)17)2-3-13(11)22(6-4-15)7-5-16/h2-3,8-10H,4-7,17H2,1H3,(H,20,21)/b18-9+. The Morgan fingerprint density at radius 2 is 2.09 bits per heavy atom. The first-order valence-corrected chi connectivity index (χ1v) is 8.14. The Hall–Kier alpha value is -1.99. The van der Waals surface area contributed by atoms with E-state index >= 15 is 0 Å². The minimum absolute atomic E-state index is 0.366. The van der Waals surface area contributed by atoms with Crippen LogP contribution in [0.5, 0.6) is 0 Å². The average Bonchev–Trinajstić information content (AvgIpc) is 2.93. The molecule has 0 aliphatic heterocycles. The molecule has 9 heteroatoms. The maximum absolute atomic E-state index is 5.86. The zero-order valence-corrected chi connectivity index (χ0v) is 14.3. The van der Waals surface area contributed by atoms with Crippen LogP contribution in [0.4, 0.5) is 11.6 Å². The monoisotopic (exact) mass is 355 g/mol. The van der Waals surface area contributed by atoms with Crippen molar-refractivity contribution in [1.29, 1.82) is 0 Å². The molecule has 0 atom stereocenters. The zero-order chi connectivity index (χ0) is 16.7. The van der Waals surface area contributed by atoms with Crippen molar-refractivity contribution in [3.63, 3.8) is 0 Å². The predicted octanol–water partition coefficient (Wildman–Crippen LogP) is 2.03. The first-order chi connectivity index (χ1) is 11.2. The van der Waals surface area contributed by atoms with Crippen LogP contribution in [0, 0.1) is 6.92 Å². The van der Waals surface area contributed by atoms with E-state index in [0.717, 1.165) is 29.9 Å². The maximum atomic E-state index is 5.86. The molecule has 2 rings (SSSR count). The van der Waals surface area contributed by atoms with Crippen LogP contribution < -0.4 is 16.2 Å². The van der Waals surface area contributed by atoms with E-state index in [4.69, 9.17) is 29.0 Å². The third-order valence-corrected chi connectivity index (χ3v) is 3.56. The highest BCUT2D eigenvalue weighted by atomic mass is 35.5. The number of halogens is 2. The predicted molar refractivity (Wildman–Crippen MR) is 96.2 cm³/mol. The number of nitrogen functional groups attached to an aromatic ring is 1. The molecule has 1 aromatic heterocycles. The van der Waals surface area contributed by atoms with Crippen LogP contribution in [0.3, 0.4) is 0 Å². The lowest BCUT2D eigenvalue weighted by Crippen LogP contribution is -2.28. The first kappa shape index (κ1) is 17.4. The lowest BCUT2D eigenvalue weighted by molar-refractivity contribution is 0.869. The number of aryl methyl sites for hydroxylation is 1. The third kappa shape index (κ3) is 4.74. The van der Waals surface area contributed by atoms with E-state index in [2.05, 4.69) is 25.6 Å². The van der Waals surface area contributed by atoms with Crippen LogP contribution >= 0.6 is 23.2 Å². The Kier molecular flexibility index (Phi) is 6.49. The molecule has 0 bridgehead atoms. The highest BCUT2D eigenvalue weighted by molar-refractivity contribution is 6.18. The van der Waals surface area contributed by atoms with E-state index in [1.807, 2.05) is 25.1 Å². The fraction of sp³-hybridized carbons (Fsp3) is 0.357. The molecule has 0 amide bonds. The molecule has 3 N–H and O–H groups in total. The number of rotatable bonds is 8. The van der Waals surface area contributed by atoms with E-state index < -0.39 is 0 Å². The number of aromatic nitrogens is 3. The molecule has 0 fully saturated rings. The van der Waals surface area contributed by atoms with Crippen LogP contribution in [0.25, 0.3) is 0 Å². The summed E-state index contributed by atoms with van der Waals surface area (Å²) in [4.78, 5) is 2.17. The van der Waals surface area contributed by atoms with Gasteiger partial charge in [0.1, 0.15) is 6.33 Å². The van der Waals surface area contributed by atoms with Gasteiger partial charge in [0, 0.05) is 30.5 Å². The second-order valence-electron chi connectivity index (χ2n) is 4.84. The minimum atomic E-state index is 0.366. The van der Waals surface area contributed by atoms with Gasteiger partial charge in [0.2, 0.25) is 0 Å². The molecule has 0 aliphatic rings. The summed E-state index contributed by atoms with van der Waals surface area (Å²) in [5.74, 6) is 7.07. The van der Waals surface area contributed by atoms with Crippen LogP contribution in [0.2, 0.25) is 0 Å². The molecular weight excluding hydrogens is 337 g/mol. The number of alkyl halides is 2.